The van der Waals surface area contributed by atoms with Gasteiger partial charge in [-0.1, -0.05) is 0 Å². The summed E-state index contributed by atoms with van der Waals surface area (Å²) in [5.74, 6) is 1.87. The standard InChI is InChI=1S/C19H30N6O2/c1-3-20-19(24-16-4-5-18(26)22-12-16)23-11-15-6-7-21-17(10-15)25-8-9-27-14(2)13-25/h6-7,10,14,16H,3-5,8-9,11-13H2,1-2H3,(H,22,26)(H2,20,23,24). The summed E-state index contributed by atoms with van der Waals surface area (Å²) in [4.78, 5) is 22.8. The van der Waals surface area contributed by atoms with Crippen LogP contribution in [0.4, 0.5) is 5.82 Å². The van der Waals surface area contributed by atoms with Crippen LogP contribution in [0.25, 0.3) is 0 Å². The molecule has 2 atom stereocenters. The fourth-order valence-corrected chi connectivity index (χ4v) is 3.30. The SMILES string of the molecule is CCNC(=NCc1ccnc(N2CCOC(C)C2)c1)NC1CCC(=O)NC1. The number of piperidine rings is 1. The molecule has 3 heterocycles. The molecule has 0 spiro atoms. The van der Waals surface area contributed by atoms with E-state index < -0.39 is 0 Å². The second-order valence-electron chi connectivity index (χ2n) is 7.03. The third-order valence-corrected chi connectivity index (χ3v) is 4.75. The lowest BCUT2D eigenvalue weighted by Gasteiger charge is -2.32. The lowest BCUT2D eigenvalue weighted by Crippen LogP contribution is -2.51. The topological polar surface area (TPSA) is 90.9 Å². The molecule has 0 radical (unpaired) electrons. The minimum absolute atomic E-state index is 0.122. The summed E-state index contributed by atoms with van der Waals surface area (Å²) in [6.45, 7) is 8.59. The van der Waals surface area contributed by atoms with Crippen molar-refractivity contribution in [2.75, 3.05) is 37.7 Å². The number of guanidine groups is 1. The molecule has 8 heteroatoms. The van der Waals surface area contributed by atoms with Gasteiger partial charge in [-0.05, 0) is 38.0 Å². The highest BCUT2D eigenvalue weighted by Crippen LogP contribution is 2.17. The summed E-state index contributed by atoms with van der Waals surface area (Å²) in [7, 11) is 0. The second kappa shape index (κ2) is 9.55. The first kappa shape index (κ1) is 19.4. The third-order valence-electron chi connectivity index (χ3n) is 4.75. The number of pyridine rings is 1. The summed E-state index contributed by atoms with van der Waals surface area (Å²) >= 11 is 0. The van der Waals surface area contributed by atoms with Crippen molar-refractivity contribution in [1.29, 1.82) is 0 Å². The van der Waals surface area contributed by atoms with Crippen LogP contribution in [0.3, 0.4) is 0 Å². The first-order valence-corrected chi connectivity index (χ1v) is 9.77. The quantitative estimate of drug-likeness (QED) is 0.518. The van der Waals surface area contributed by atoms with Crippen LogP contribution in [-0.2, 0) is 16.1 Å². The van der Waals surface area contributed by atoms with Crippen LogP contribution in [0.2, 0.25) is 0 Å². The van der Waals surface area contributed by atoms with Gasteiger partial charge in [-0.15, -0.1) is 0 Å². The fraction of sp³-hybridized carbons (Fsp3) is 0.632. The van der Waals surface area contributed by atoms with Crippen LogP contribution < -0.4 is 20.9 Å². The Bertz CT molecular complexity index is 655. The Morgan fingerprint density at radius 3 is 3.15 bits per heavy atom. The third kappa shape index (κ3) is 5.82. The number of carbonyl (C=O) groups is 1. The van der Waals surface area contributed by atoms with Crippen molar-refractivity contribution in [3.05, 3.63) is 23.9 Å². The van der Waals surface area contributed by atoms with E-state index in [2.05, 4.69) is 38.8 Å². The molecule has 1 aromatic rings. The fourth-order valence-electron chi connectivity index (χ4n) is 3.30. The molecule has 0 aromatic carbocycles. The van der Waals surface area contributed by atoms with Gasteiger partial charge >= 0.3 is 0 Å². The predicted octanol–water partition coefficient (Wildman–Crippen LogP) is 0.640. The van der Waals surface area contributed by atoms with Gasteiger partial charge in [-0.3, -0.25) is 4.79 Å². The van der Waals surface area contributed by atoms with Crippen molar-refractivity contribution in [1.82, 2.24) is 20.9 Å². The molecule has 3 rings (SSSR count). The van der Waals surface area contributed by atoms with Gasteiger partial charge < -0.3 is 25.6 Å². The van der Waals surface area contributed by atoms with E-state index in [4.69, 9.17) is 9.73 Å². The van der Waals surface area contributed by atoms with E-state index in [0.717, 1.165) is 50.0 Å². The number of morpholine rings is 1. The molecule has 0 saturated carbocycles. The summed E-state index contributed by atoms with van der Waals surface area (Å²) in [5, 5.41) is 9.58. The smallest absolute Gasteiger partial charge is 0.220 e. The first-order chi connectivity index (χ1) is 13.1. The van der Waals surface area contributed by atoms with Crippen LogP contribution in [0.1, 0.15) is 32.3 Å². The number of nitrogens with zero attached hydrogens (tertiary/aromatic N) is 3. The lowest BCUT2D eigenvalue weighted by atomic mass is 10.1. The number of aromatic nitrogens is 1. The maximum Gasteiger partial charge on any atom is 0.220 e. The monoisotopic (exact) mass is 374 g/mol. The number of amides is 1. The summed E-state index contributed by atoms with van der Waals surface area (Å²) in [5.41, 5.74) is 1.12. The maximum atomic E-state index is 11.3. The van der Waals surface area contributed by atoms with Gasteiger partial charge in [0.05, 0.1) is 19.3 Å². The molecule has 2 aliphatic rings. The predicted molar refractivity (Wildman–Crippen MR) is 106 cm³/mol. The van der Waals surface area contributed by atoms with Crippen molar-refractivity contribution in [2.45, 2.75) is 45.4 Å². The maximum absolute atomic E-state index is 11.3. The van der Waals surface area contributed by atoms with E-state index in [1.807, 2.05) is 19.2 Å². The summed E-state index contributed by atoms with van der Waals surface area (Å²) in [6, 6.07) is 4.32. The molecule has 148 valence electrons. The van der Waals surface area contributed by atoms with E-state index >= 15 is 0 Å². The number of aliphatic imine (C=N–C) groups is 1. The lowest BCUT2D eigenvalue weighted by molar-refractivity contribution is -0.122. The number of nitrogens with one attached hydrogen (secondary N) is 3. The Balaban J connectivity index is 1.61. The number of anilines is 1. The number of hydrogen-bond donors (Lipinski definition) is 3. The molecule has 2 aliphatic heterocycles. The molecule has 2 saturated heterocycles. The van der Waals surface area contributed by atoms with Gasteiger partial charge in [0, 0.05) is 44.8 Å². The van der Waals surface area contributed by atoms with Crippen LogP contribution in [0.5, 0.6) is 0 Å². The summed E-state index contributed by atoms with van der Waals surface area (Å²) in [6.07, 6.45) is 3.45. The van der Waals surface area contributed by atoms with Gasteiger partial charge in [-0.25, -0.2) is 9.98 Å². The highest BCUT2D eigenvalue weighted by Gasteiger charge is 2.19. The number of ether oxygens (including phenoxy) is 1. The molecule has 3 N–H and O–H groups in total. The van der Waals surface area contributed by atoms with Gasteiger partial charge in [0.25, 0.3) is 0 Å². The van der Waals surface area contributed by atoms with E-state index in [9.17, 15) is 4.79 Å². The average molecular weight is 374 g/mol. The van der Waals surface area contributed by atoms with Gasteiger partial charge in [-0.2, -0.15) is 0 Å². The Morgan fingerprint density at radius 2 is 2.41 bits per heavy atom. The van der Waals surface area contributed by atoms with E-state index in [-0.39, 0.29) is 18.1 Å². The normalized spacial score (nSPS) is 23.7. The van der Waals surface area contributed by atoms with Crippen LogP contribution in [-0.4, -0.2) is 61.8 Å². The Kier molecular flexibility index (Phi) is 6.86. The minimum atomic E-state index is 0.122. The van der Waals surface area contributed by atoms with Crippen molar-refractivity contribution in [3.8, 4) is 0 Å². The van der Waals surface area contributed by atoms with E-state index in [0.29, 0.717) is 19.5 Å². The molecule has 2 unspecified atom stereocenters. The minimum Gasteiger partial charge on any atom is -0.375 e. The molecule has 8 nitrogen and oxygen atoms in total. The zero-order chi connectivity index (χ0) is 19.1. The second-order valence-corrected chi connectivity index (χ2v) is 7.03. The molecular weight excluding hydrogens is 344 g/mol. The number of carbonyl (C=O) groups excluding carboxylic acids is 1. The van der Waals surface area contributed by atoms with Crippen LogP contribution in [0.15, 0.2) is 23.3 Å². The summed E-state index contributed by atoms with van der Waals surface area (Å²) < 4.78 is 5.61. The van der Waals surface area contributed by atoms with Crippen molar-refractivity contribution < 1.29 is 9.53 Å². The average Bonchev–Trinajstić information content (AvgIpc) is 2.68. The van der Waals surface area contributed by atoms with E-state index in [1.54, 1.807) is 0 Å². The molecule has 1 amide bonds. The number of hydrogen-bond acceptors (Lipinski definition) is 5. The molecule has 2 fully saturated rings. The molecule has 1 aromatic heterocycles. The molecule has 0 aliphatic carbocycles. The van der Waals surface area contributed by atoms with Crippen molar-refractivity contribution in [3.63, 3.8) is 0 Å². The van der Waals surface area contributed by atoms with Gasteiger partial charge in [0.2, 0.25) is 5.91 Å². The van der Waals surface area contributed by atoms with E-state index in [1.165, 1.54) is 0 Å². The van der Waals surface area contributed by atoms with Gasteiger partial charge in [0.15, 0.2) is 5.96 Å². The Hall–Kier alpha value is -2.35. The van der Waals surface area contributed by atoms with Crippen molar-refractivity contribution >= 4 is 17.7 Å². The Labute approximate surface area is 160 Å². The highest BCUT2D eigenvalue weighted by atomic mass is 16.5. The highest BCUT2D eigenvalue weighted by molar-refractivity contribution is 5.81. The largest absolute Gasteiger partial charge is 0.375 e. The first-order valence-electron chi connectivity index (χ1n) is 9.77. The van der Waals surface area contributed by atoms with Crippen molar-refractivity contribution in [2.24, 2.45) is 4.99 Å². The van der Waals surface area contributed by atoms with Crippen LogP contribution in [0, 0.1) is 0 Å². The molecule has 0 bridgehead atoms. The zero-order valence-electron chi connectivity index (χ0n) is 16.2. The van der Waals surface area contributed by atoms with Gasteiger partial charge in [0.1, 0.15) is 5.82 Å². The number of rotatable bonds is 5. The van der Waals surface area contributed by atoms with Crippen LogP contribution >= 0.6 is 0 Å². The molecule has 27 heavy (non-hydrogen) atoms. The Morgan fingerprint density at radius 1 is 1.52 bits per heavy atom. The molecular formula is C19H30N6O2. The zero-order valence-corrected chi connectivity index (χ0v) is 16.2.